The minimum absolute atomic E-state index is 0.318. The van der Waals surface area contributed by atoms with E-state index in [2.05, 4.69) is 25.5 Å². The second-order valence-electron chi connectivity index (χ2n) is 5.71. The monoisotopic (exact) mass is 335 g/mol. The lowest BCUT2D eigenvalue weighted by atomic mass is 10.1. The number of benzene rings is 1. The molecule has 1 aromatic carbocycles. The molecular formula is C17H17N7O. The maximum absolute atomic E-state index is 10.3. The Kier molecular flexibility index (Phi) is 3.87. The van der Waals surface area contributed by atoms with Gasteiger partial charge in [0.2, 0.25) is 0 Å². The first kappa shape index (κ1) is 15.3. The van der Waals surface area contributed by atoms with Crippen LogP contribution in [0.4, 0.5) is 5.82 Å². The van der Waals surface area contributed by atoms with Gasteiger partial charge < -0.3 is 10.4 Å². The number of hydrogen-bond donors (Lipinski definition) is 2. The first-order valence-electron chi connectivity index (χ1n) is 7.87. The third kappa shape index (κ3) is 3.07. The van der Waals surface area contributed by atoms with Gasteiger partial charge in [0.15, 0.2) is 0 Å². The van der Waals surface area contributed by atoms with Crippen molar-refractivity contribution in [3.05, 3.63) is 60.7 Å². The quantitative estimate of drug-likeness (QED) is 0.576. The van der Waals surface area contributed by atoms with Crippen LogP contribution in [0.3, 0.4) is 0 Å². The van der Waals surface area contributed by atoms with Crippen molar-refractivity contribution in [2.45, 2.75) is 6.10 Å². The molecule has 8 nitrogen and oxygen atoms in total. The second kappa shape index (κ2) is 6.33. The van der Waals surface area contributed by atoms with Gasteiger partial charge >= 0.3 is 0 Å². The van der Waals surface area contributed by atoms with Gasteiger partial charge in [0.1, 0.15) is 12.1 Å². The molecule has 0 amide bonds. The van der Waals surface area contributed by atoms with Crippen LogP contribution in [0.2, 0.25) is 0 Å². The molecule has 0 aliphatic rings. The molecule has 4 rings (SSSR count). The van der Waals surface area contributed by atoms with Gasteiger partial charge in [-0.2, -0.15) is 19.7 Å². The van der Waals surface area contributed by atoms with Crippen LogP contribution in [0.5, 0.6) is 0 Å². The van der Waals surface area contributed by atoms with Gasteiger partial charge in [-0.15, -0.1) is 0 Å². The van der Waals surface area contributed by atoms with E-state index in [0.29, 0.717) is 18.1 Å². The fourth-order valence-electron chi connectivity index (χ4n) is 2.63. The van der Waals surface area contributed by atoms with Gasteiger partial charge in [0.05, 0.1) is 18.0 Å². The average molecular weight is 335 g/mol. The molecule has 0 bridgehead atoms. The largest absolute Gasteiger partial charge is 0.386 e. The molecule has 1 atom stereocenters. The lowest BCUT2D eigenvalue weighted by Crippen LogP contribution is -2.14. The van der Waals surface area contributed by atoms with Crippen molar-refractivity contribution >= 4 is 11.6 Å². The number of aliphatic hydroxyl groups excluding tert-OH is 1. The number of hydrogen-bond acceptors (Lipinski definition) is 6. The molecule has 0 aliphatic carbocycles. The predicted molar refractivity (Wildman–Crippen MR) is 92.9 cm³/mol. The third-order valence-corrected chi connectivity index (χ3v) is 3.91. The first-order valence-corrected chi connectivity index (χ1v) is 7.87. The van der Waals surface area contributed by atoms with Gasteiger partial charge in [-0.1, -0.05) is 30.3 Å². The fraction of sp³-hybridized carbons (Fsp3) is 0.176. The first-order chi connectivity index (χ1) is 12.2. The zero-order valence-electron chi connectivity index (χ0n) is 13.6. The highest BCUT2D eigenvalue weighted by atomic mass is 16.3. The van der Waals surface area contributed by atoms with Crippen LogP contribution in [0.15, 0.2) is 55.1 Å². The van der Waals surface area contributed by atoms with Gasteiger partial charge in [0, 0.05) is 37.0 Å². The highest BCUT2D eigenvalue weighted by Crippen LogP contribution is 2.22. The summed E-state index contributed by atoms with van der Waals surface area (Å²) in [7, 11) is 1.82. The Morgan fingerprint density at radius 2 is 2.04 bits per heavy atom. The lowest BCUT2D eigenvalue weighted by Gasteiger charge is -2.13. The van der Waals surface area contributed by atoms with E-state index in [-0.39, 0.29) is 0 Å². The van der Waals surface area contributed by atoms with E-state index in [1.807, 2.05) is 43.4 Å². The van der Waals surface area contributed by atoms with Crippen molar-refractivity contribution in [1.29, 1.82) is 0 Å². The Bertz CT molecular complexity index is 993. The zero-order valence-corrected chi connectivity index (χ0v) is 13.6. The SMILES string of the molecule is Cn1cc(C(O)CNc2cc(-c3ccccc3)nc3ncnn23)cn1. The van der Waals surface area contributed by atoms with Crippen LogP contribution >= 0.6 is 0 Å². The smallest absolute Gasteiger partial charge is 0.254 e. The van der Waals surface area contributed by atoms with Crippen molar-refractivity contribution in [1.82, 2.24) is 29.4 Å². The van der Waals surface area contributed by atoms with Crippen LogP contribution in [0, 0.1) is 0 Å². The topological polar surface area (TPSA) is 93.2 Å². The Labute approximate surface area is 143 Å². The number of aromatic nitrogens is 6. The molecule has 1 unspecified atom stereocenters. The summed E-state index contributed by atoms with van der Waals surface area (Å²) in [4.78, 5) is 8.71. The summed E-state index contributed by atoms with van der Waals surface area (Å²) in [5.41, 5.74) is 2.53. The van der Waals surface area contributed by atoms with E-state index < -0.39 is 6.10 Å². The van der Waals surface area contributed by atoms with Crippen LogP contribution in [0.1, 0.15) is 11.7 Å². The summed E-state index contributed by atoms with van der Waals surface area (Å²) in [6.45, 7) is 0.318. The highest BCUT2D eigenvalue weighted by Gasteiger charge is 2.13. The normalized spacial score (nSPS) is 12.4. The average Bonchev–Trinajstić information content (AvgIpc) is 3.28. The van der Waals surface area contributed by atoms with Crippen molar-refractivity contribution in [2.24, 2.45) is 7.05 Å². The number of aliphatic hydroxyl groups is 1. The molecule has 0 radical (unpaired) electrons. The fourth-order valence-corrected chi connectivity index (χ4v) is 2.63. The van der Waals surface area contributed by atoms with Crippen molar-refractivity contribution in [3.8, 4) is 11.3 Å². The highest BCUT2D eigenvalue weighted by molar-refractivity contribution is 5.65. The Morgan fingerprint density at radius 3 is 2.80 bits per heavy atom. The molecular weight excluding hydrogens is 318 g/mol. The molecule has 0 saturated heterocycles. The Morgan fingerprint density at radius 1 is 1.20 bits per heavy atom. The van der Waals surface area contributed by atoms with E-state index in [1.54, 1.807) is 21.6 Å². The van der Waals surface area contributed by atoms with E-state index >= 15 is 0 Å². The standard InChI is InChI=1S/C17H17N7O/c1-23-10-13(8-20-23)15(25)9-18-16-7-14(12-5-3-2-4-6-12)22-17-19-11-21-24(16)17/h2-8,10-11,15,18,25H,9H2,1H3. The van der Waals surface area contributed by atoms with Crippen molar-refractivity contribution in [3.63, 3.8) is 0 Å². The minimum atomic E-state index is -0.680. The molecule has 2 N–H and O–H groups in total. The summed E-state index contributed by atoms with van der Waals surface area (Å²) in [5, 5.41) is 21.8. The van der Waals surface area contributed by atoms with Gasteiger partial charge in [0.25, 0.3) is 5.78 Å². The zero-order chi connectivity index (χ0) is 17.2. The Hall–Kier alpha value is -3.26. The Balaban J connectivity index is 1.63. The van der Waals surface area contributed by atoms with Crippen molar-refractivity contribution in [2.75, 3.05) is 11.9 Å². The number of nitrogens with one attached hydrogen (secondary N) is 1. The summed E-state index contributed by atoms with van der Waals surface area (Å²) >= 11 is 0. The van der Waals surface area contributed by atoms with E-state index in [0.717, 1.165) is 16.8 Å². The molecule has 126 valence electrons. The molecule has 0 aliphatic heterocycles. The summed E-state index contributed by atoms with van der Waals surface area (Å²) in [6, 6.07) is 11.8. The maximum Gasteiger partial charge on any atom is 0.254 e. The van der Waals surface area contributed by atoms with E-state index in [4.69, 9.17) is 0 Å². The van der Waals surface area contributed by atoms with Gasteiger partial charge in [-0.3, -0.25) is 4.68 Å². The minimum Gasteiger partial charge on any atom is -0.386 e. The number of rotatable bonds is 5. The number of aryl methyl sites for hydroxylation is 1. The second-order valence-corrected chi connectivity index (χ2v) is 5.71. The summed E-state index contributed by atoms with van der Waals surface area (Å²) in [6.07, 6.45) is 4.22. The van der Waals surface area contributed by atoms with Crippen LogP contribution in [0.25, 0.3) is 17.0 Å². The van der Waals surface area contributed by atoms with E-state index in [1.165, 1.54) is 6.33 Å². The van der Waals surface area contributed by atoms with Crippen LogP contribution < -0.4 is 5.32 Å². The van der Waals surface area contributed by atoms with Crippen molar-refractivity contribution < 1.29 is 5.11 Å². The van der Waals surface area contributed by atoms with Gasteiger partial charge in [-0.25, -0.2) is 4.98 Å². The van der Waals surface area contributed by atoms with E-state index in [9.17, 15) is 5.11 Å². The predicted octanol–water partition coefficient (Wildman–Crippen LogP) is 1.67. The van der Waals surface area contributed by atoms with Gasteiger partial charge in [-0.05, 0) is 0 Å². The molecule has 0 fully saturated rings. The molecule has 8 heteroatoms. The molecule has 25 heavy (non-hydrogen) atoms. The summed E-state index contributed by atoms with van der Waals surface area (Å²) < 4.78 is 3.27. The molecule has 3 aromatic heterocycles. The number of anilines is 1. The third-order valence-electron chi connectivity index (χ3n) is 3.91. The van der Waals surface area contributed by atoms with Crippen LogP contribution in [-0.2, 0) is 7.05 Å². The van der Waals surface area contributed by atoms with Crippen LogP contribution in [-0.4, -0.2) is 41.0 Å². The molecule has 3 heterocycles. The number of fused-ring (bicyclic) bond motifs is 1. The summed E-state index contributed by atoms with van der Waals surface area (Å²) in [5.74, 6) is 1.21. The number of nitrogens with zero attached hydrogens (tertiary/aromatic N) is 6. The molecule has 4 aromatic rings. The molecule has 0 spiro atoms. The lowest BCUT2D eigenvalue weighted by molar-refractivity contribution is 0.191. The maximum atomic E-state index is 10.3. The molecule has 0 saturated carbocycles.